The zero-order chi connectivity index (χ0) is 15.6. The molecule has 0 spiro atoms. The Hall–Kier alpha value is -2.65. The molecule has 0 aromatic heterocycles. The number of anilines is 3. The van der Waals surface area contributed by atoms with Crippen molar-refractivity contribution in [2.45, 2.75) is 4.90 Å². The molecule has 0 bridgehead atoms. The van der Waals surface area contributed by atoms with Gasteiger partial charge in [0.25, 0.3) is 15.8 Å². The van der Waals surface area contributed by atoms with Crippen molar-refractivity contribution >= 4 is 32.9 Å². The van der Waals surface area contributed by atoms with Crippen LogP contribution in [0.1, 0.15) is 0 Å². The van der Waals surface area contributed by atoms with E-state index >= 15 is 0 Å². The zero-order valence-electron chi connectivity index (χ0n) is 10.6. The van der Waals surface area contributed by atoms with Gasteiger partial charge >= 0.3 is 0 Å². The van der Waals surface area contributed by atoms with Gasteiger partial charge in [0.1, 0.15) is 10.6 Å². The number of nitrogens with one attached hydrogen (secondary N) is 1. The molecule has 21 heavy (non-hydrogen) atoms. The van der Waals surface area contributed by atoms with E-state index in [0.29, 0.717) is 0 Å². The van der Waals surface area contributed by atoms with Crippen LogP contribution in [-0.2, 0) is 10.1 Å². The maximum Gasteiger partial charge on any atom is 0.296 e. The highest BCUT2D eigenvalue weighted by Crippen LogP contribution is 2.29. The van der Waals surface area contributed by atoms with Crippen LogP contribution in [0.2, 0.25) is 0 Å². The number of nitro groups is 1. The number of nitrogens with two attached hydrogens (primary N) is 1. The van der Waals surface area contributed by atoms with Crippen LogP contribution in [-0.4, -0.2) is 17.9 Å². The predicted octanol–water partition coefficient (Wildman–Crippen LogP) is 2.17. The second-order valence-electron chi connectivity index (χ2n) is 4.13. The minimum Gasteiger partial charge on any atom is -0.398 e. The number of rotatable bonds is 4. The van der Waals surface area contributed by atoms with Gasteiger partial charge in [-0.15, -0.1) is 0 Å². The van der Waals surface area contributed by atoms with Crippen molar-refractivity contribution in [3.8, 4) is 0 Å². The molecule has 2 aromatic rings. The van der Waals surface area contributed by atoms with Gasteiger partial charge in [-0.2, -0.15) is 8.42 Å². The first-order valence-corrected chi connectivity index (χ1v) is 7.10. The van der Waals surface area contributed by atoms with Crippen molar-refractivity contribution in [2.75, 3.05) is 11.1 Å². The Kier molecular flexibility index (Phi) is 3.78. The zero-order valence-corrected chi connectivity index (χ0v) is 11.4. The number of hydrogen-bond donors (Lipinski definition) is 3. The molecule has 8 nitrogen and oxygen atoms in total. The largest absolute Gasteiger partial charge is 0.398 e. The Morgan fingerprint density at radius 1 is 1.19 bits per heavy atom. The Morgan fingerprint density at radius 3 is 2.48 bits per heavy atom. The minimum atomic E-state index is -4.47. The third-order valence-corrected chi connectivity index (χ3v) is 3.58. The standard InChI is InChI=1S/C12H11N3O5S/c13-9-6-5-8(7-12(9)21(18,19)20)14-10-3-1-2-4-11(10)15(16)17/h1-7,14H,13H2,(H,18,19,20). The van der Waals surface area contributed by atoms with Crippen LogP contribution in [0.3, 0.4) is 0 Å². The molecular formula is C12H11N3O5S. The lowest BCUT2D eigenvalue weighted by molar-refractivity contribution is -0.383. The van der Waals surface area contributed by atoms with Gasteiger partial charge < -0.3 is 11.1 Å². The topological polar surface area (TPSA) is 136 Å². The van der Waals surface area contributed by atoms with Gasteiger partial charge in [-0.1, -0.05) is 12.1 Å². The number of para-hydroxylation sites is 2. The lowest BCUT2D eigenvalue weighted by atomic mass is 10.2. The maximum atomic E-state index is 11.2. The number of nitrogen functional groups attached to an aromatic ring is 1. The predicted molar refractivity (Wildman–Crippen MR) is 77.0 cm³/mol. The van der Waals surface area contributed by atoms with Crippen LogP contribution in [0.15, 0.2) is 47.4 Å². The third kappa shape index (κ3) is 3.27. The van der Waals surface area contributed by atoms with Crippen molar-refractivity contribution in [3.63, 3.8) is 0 Å². The highest BCUT2D eigenvalue weighted by atomic mass is 32.2. The molecule has 0 saturated heterocycles. The van der Waals surface area contributed by atoms with Crippen LogP contribution < -0.4 is 11.1 Å². The number of hydrogen-bond acceptors (Lipinski definition) is 6. The van der Waals surface area contributed by atoms with Crippen molar-refractivity contribution in [2.24, 2.45) is 0 Å². The van der Waals surface area contributed by atoms with E-state index in [1.165, 1.54) is 30.3 Å². The quantitative estimate of drug-likeness (QED) is 0.341. The fourth-order valence-corrected chi connectivity index (χ4v) is 2.37. The van der Waals surface area contributed by atoms with Gasteiger partial charge in [0.15, 0.2) is 0 Å². The Bertz CT molecular complexity index is 804. The summed E-state index contributed by atoms with van der Waals surface area (Å²) in [6, 6.07) is 9.71. The second kappa shape index (κ2) is 5.38. The van der Waals surface area contributed by atoms with Gasteiger partial charge in [0.2, 0.25) is 0 Å². The smallest absolute Gasteiger partial charge is 0.296 e. The number of nitro benzene ring substituents is 1. The normalized spacial score (nSPS) is 11.1. The van der Waals surface area contributed by atoms with E-state index in [0.717, 1.165) is 6.07 Å². The summed E-state index contributed by atoms with van der Waals surface area (Å²) in [5.41, 5.74) is 5.62. The molecule has 0 aliphatic rings. The Balaban J connectivity index is 2.44. The molecule has 0 saturated carbocycles. The van der Waals surface area contributed by atoms with Crippen molar-refractivity contribution < 1.29 is 17.9 Å². The Morgan fingerprint density at radius 2 is 1.86 bits per heavy atom. The molecule has 0 heterocycles. The molecule has 4 N–H and O–H groups in total. The highest BCUT2D eigenvalue weighted by molar-refractivity contribution is 7.86. The molecule has 0 atom stereocenters. The van der Waals surface area contributed by atoms with E-state index in [4.69, 9.17) is 10.3 Å². The van der Waals surface area contributed by atoms with Gasteiger partial charge in [0.05, 0.1) is 10.6 Å². The van der Waals surface area contributed by atoms with E-state index < -0.39 is 19.9 Å². The molecule has 110 valence electrons. The van der Waals surface area contributed by atoms with Crippen LogP contribution in [0.5, 0.6) is 0 Å². The lowest BCUT2D eigenvalue weighted by Gasteiger charge is -2.09. The van der Waals surface area contributed by atoms with Crippen molar-refractivity contribution in [1.29, 1.82) is 0 Å². The number of benzene rings is 2. The highest BCUT2D eigenvalue weighted by Gasteiger charge is 2.16. The van der Waals surface area contributed by atoms with Crippen LogP contribution in [0.4, 0.5) is 22.7 Å². The molecule has 0 aliphatic carbocycles. The summed E-state index contributed by atoms with van der Waals surface area (Å²) < 4.78 is 31.4. The van der Waals surface area contributed by atoms with Crippen molar-refractivity contribution in [3.05, 3.63) is 52.6 Å². The number of nitrogens with zero attached hydrogens (tertiary/aromatic N) is 1. The average molecular weight is 309 g/mol. The monoisotopic (exact) mass is 309 g/mol. The summed E-state index contributed by atoms with van der Waals surface area (Å²) in [5.74, 6) is 0. The summed E-state index contributed by atoms with van der Waals surface area (Å²) in [5, 5.41) is 13.6. The molecule has 0 amide bonds. The van der Waals surface area contributed by atoms with Gasteiger partial charge in [-0.05, 0) is 24.3 Å². The molecule has 0 aliphatic heterocycles. The van der Waals surface area contributed by atoms with Crippen LogP contribution >= 0.6 is 0 Å². The SMILES string of the molecule is Nc1ccc(Nc2ccccc2[N+](=O)[O-])cc1S(=O)(=O)O. The van der Waals surface area contributed by atoms with Crippen molar-refractivity contribution in [1.82, 2.24) is 0 Å². The molecule has 9 heteroatoms. The van der Waals surface area contributed by atoms with E-state index in [-0.39, 0.29) is 22.7 Å². The maximum absolute atomic E-state index is 11.2. The fraction of sp³-hybridized carbons (Fsp3) is 0. The fourth-order valence-electron chi connectivity index (χ4n) is 1.73. The summed E-state index contributed by atoms with van der Waals surface area (Å²) >= 11 is 0. The van der Waals surface area contributed by atoms with Gasteiger partial charge in [0, 0.05) is 11.8 Å². The van der Waals surface area contributed by atoms with Crippen LogP contribution in [0, 0.1) is 10.1 Å². The first kappa shape index (κ1) is 14.8. The molecule has 2 rings (SSSR count). The molecule has 2 aromatic carbocycles. The summed E-state index contributed by atoms with van der Waals surface area (Å²) in [7, 11) is -4.47. The molecule has 0 fully saturated rings. The molecule has 0 radical (unpaired) electrons. The molecule has 0 unspecified atom stereocenters. The summed E-state index contributed by atoms with van der Waals surface area (Å²) in [6.07, 6.45) is 0. The average Bonchev–Trinajstić information content (AvgIpc) is 2.40. The van der Waals surface area contributed by atoms with E-state index in [2.05, 4.69) is 5.32 Å². The lowest BCUT2D eigenvalue weighted by Crippen LogP contribution is -2.04. The summed E-state index contributed by atoms with van der Waals surface area (Å²) in [6.45, 7) is 0. The van der Waals surface area contributed by atoms with E-state index in [1.54, 1.807) is 6.07 Å². The first-order chi connectivity index (χ1) is 9.79. The second-order valence-corrected chi connectivity index (χ2v) is 5.52. The van der Waals surface area contributed by atoms with Gasteiger partial charge in [-0.3, -0.25) is 14.7 Å². The van der Waals surface area contributed by atoms with Gasteiger partial charge in [-0.25, -0.2) is 0 Å². The molecular weight excluding hydrogens is 298 g/mol. The van der Waals surface area contributed by atoms with E-state index in [9.17, 15) is 18.5 Å². The van der Waals surface area contributed by atoms with E-state index in [1.807, 2.05) is 0 Å². The first-order valence-electron chi connectivity index (χ1n) is 5.66. The minimum absolute atomic E-state index is 0.120. The van der Waals surface area contributed by atoms with Crippen LogP contribution in [0.25, 0.3) is 0 Å². The third-order valence-electron chi connectivity index (χ3n) is 2.67. The summed E-state index contributed by atoms with van der Waals surface area (Å²) in [4.78, 5) is 9.87. The Labute approximate surface area is 120 Å².